The molecular formula is C24H25N5. The number of benzene rings is 2. The number of hydrogen-bond acceptors (Lipinski definition) is 4. The summed E-state index contributed by atoms with van der Waals surface area (Å²) in [6, 6.07) is 23.5. The normalized spacial score (nSPS) is 16.1. The fourth-order valence-corrected chi connectivity index (χ4v) is 4.24. The molecule has 0 saturated carbocycles. The van der Waals surface area contributed by atoms with Gasteiger partial charge in [-0.3, -0.25) is 9.88 Å². The van der Waals surface area contributed by atoms with Gasteiger partial charge in [-0.2, -0.15) is 0 Å². The van der Waals surface area contributed by atoms with Crippen molar-refractivity contribution in [2.75, 3.05) is 26.2 Å². The predicted molar refractivity (Wildman–Crippen MR) is 116 cm³/mol. The fourth-order valence-electron chi connectivity index (χ4n) is 4.24. The van der Waals surface area contributed by atoms with Crippen molar-refractivity contribution in [1.29, 1.82) is 0 Å². The zero-order chi connectivity index (χ0) is 19.5. The average Bonchev–Trinajstić information content (AvgIpc) is 3.14. The number of imidazole rings is 1. The summed E-state index contributed by atoms with van der Waals surface area (Å²) in [5.41, 5.74) is 4.75. The third-order valence-corrected chi connectivity index (χ3v) is 5.65. The number of fused-ring (bicyclic) bond motifs is 1. The Bertz CT molecular complexity index is 1070. The van der Waals surface area contributed by atoms with E-state index >= 15 is 0 Å². The highest BCUT2D eigenvalue weighted by atomic mass is 15.2. The van der Waals surface area contributed by atoms with Crippen molar-refractivity contribution in [3.8, 4) is 0 Å². The molecule has 2 aromatic heterocycles. The minimum atomic E-state index is 0.108. The first-order chi connectivity index (χ1) is 14.4. The molecule has 0 radical (unpaired) electrons. The predicted octanol–water partition coefficient (Wildman–Crippen LogP) is 3.47. The molecule has 0 aliphatic carbocycles. The van der Waals surface area contributed by atoms with Crippen molar-refractivity contribution < 1.29 is 0 Å². The first-order valence-corrected chi connectivity index (χ1v) is 10.2. The third kappa shape index (κ3) is 3.67. The van der Waals surface area contributed by atoms with Crippen LogP contribution in [0.4, 0.5) is 0 Å². The Morgan fingerprint density at radius 3 is 2.38 bits per heavy atom. The highest BCUT2D eigenvalue weighted by molar-refractivity contribution is 5.76. The Morgan fingerprint density at radius 2 is 1.59 bits per heavy atom. The summed E-state index contributed by atoms with van der Waals surface area (Å²) in [4.78, 5) is 11.9. The summed E-state index contributed by atoms with van der Waals surface area (Å²) in [6.07, 6.45) is 3.77. The molecule has 0 bridgehead atoms. The zero-order valence-electron chi connectivity index (χ0n) is 16.4. The Labute approximate surface area is 171 Å². The lowest BCUT2D eigenvalue weighted by Gasteiger charge is -2.35. The maximum Gasteiger partial charge on any atom is 0.132 e. The van der Waals surface area contributed by atoms with E-state index in [4.69, 9.17) is 4.98 Å². The van der Waals surface area contributed by atoms with Gasteiger partial charge in [-0.1, -0.05) is 42.5 Å². The van der Waals surface area contributed by atoms with E-state index in [1.165, 1.54) is 16.6 Å². The number of hydrogen-bond donors (Lipinski definition) is 1. The van der Waals surface area contributed by atoms with Crippen LogP contribution >= 0.6 is 0 Å². The lowest BCUT2D eigenvalue weighted by molar-refractivity contribution is 0.190. The number of piperazine rings is 1. The van der Waals surface area contributed by atoms with Crippen molar-refractivity contribution in [2.24, 2.45) is 0 Å². The van der Waals surface area contributed by atoms with Gasteiger partial charge in [0.15, 0.2) is 0 Å². The molecule has 2 aromatic carbocycles. The van der Waals surface area contributed by atoms with E-state index in [1.54, 1.807) is 0 Å². The van der Waals surface area contributed by atoms with Crippen LogP contribution < -0.4 is 5.32 Å². The molecule has 0 spiro atoms. The summed E-state index contributed by atoms with van der Waals surface area (Å²) >= 11 is 0. The molecule has 146 valence electrons. The van der Waals surface area contributed by atoms with Crippen molar-refractivity contribution in [2.45, 2.75) is 12.6 Å². The smallest absolute Gasteiger partial charge is 0.132 e. The molecule has 1 N–H and O–H groups in total. The van der Waals surface area contributed by atoms with Crippen LogP contribution in [0.2, 0.25) is 0 Å². The monoisotopic (exact) mass is 383 g/mol. The van der Waals surface area contributed by atoms with Crippen LogP contribution in [0.1, 0.15) is 23.0 Å². The van der Waals surface area contributed by atoms with Crippen LogP contribution in [-0.2, 0) is 6.54 Å². The molecule has 1 saturated heterocycles. The zero-order valence-corrected chi connectivity index (χ0v) is 16.4. The van der Waals surface area contributed by atoms with Gasteiger partial charge in [0.1, 0.15) is 5.82 Å². The standard InChI is InChI=1S/C24H25N5/c1-2-6-19(7-3-1)18-29-22-9-5-4-8-21(22)27-24(29)23(20-10-12-25-13-11-20)28-16-14-26-15-17-28/h1-13,23,26H,14-18H2. The van der Waals surface area contributed by atoms with Gasteiger partial charge in [0.2, 0.25) is 0 Å². The van der Waals surface area contributed by atoms with Crippen LogP contribution in [0.25, 0.3) is 11.0 Å². The maximum absolute atomic E-state index is 5.14. The first kappa shape index (κ1) is 18.0. The maximum atomic E-state index is 5.14. The van der Waals surface area contributed by atoms with E-state index in [2.05, 4.69) is 86.5 Å². The number of pyridine rings is 1. The Hall–Kier alpha value is -3.02. The van der Waals surface area contributed by atoms with Gasteiger partial charge in [-0.15, -0.1) is 0 Å². The first-order valence-electron chi connectivity index (χ1n) is 10.2. The quantitative estimate of drug-likeness (QED) is 0.573. The van der Waals surface area contributed by atoms with Gasteiger partial charge < -0.3 is 9.88 Å². The molecule has 1 aliphatic rings. The second-order valence-corrected chi connectivity index (χ2v) is 7.50. The summed E-state index contributed by atoms with van der Waals surface area (Å²) in [6.45, 7) is 4.81. The molecule has 1 atom stereocenters. The molecule has 3 heterocycles. The van der Waals surface area contributed by atoms with Gasteiger partial charge in [0.05, 0.1) is 17.1 Å². The largest absolute Gasteiger partial charge is 0.322 e. The molecule has 5 heteroatoms. The van der Waals surface area contributed by atoms with E-state index in [9.17, 15) is 0 Å². The Balaban J connectivity index is 1.67. The molecule has 1 fully saturated rings. The topological polar surface area (TPSA) is 46.0 Å². The number of rotatable bonds is 5. The second-order valence-electron chi connectivity index (χ2n) is 7.50. The third-order valence-electron chi connectivity index (χ3n) is 5.65. The van der Waals surface area contributed by atoms with Crippen LogP contribution in [0.3, 0.4) is 0 Å². The van der Waals surface area contributed by atoms with E-state index in [0.717, 1.165) is 44.1 Å². The molecule has 4 aromatic rings. The van der Waals surface area contributed by atoms with E-state index in [1.807, 2.05) is 12.4 Å². The van der Waals surface area contributed by atoms with Gasteiger partial charge in [-0.05, 0) is 35.4 Å². The Kier molecular flexibility index (Phi) is 5.07. The van der Waals surface area contributed by atoms with Gasteiger partial charge in [0, 0.05) is 45.1 Å². The molecule has 5 rings (SSSR count). The molecule has 1 aliphatic heterocycles. The summed E-state index contributed by atoms with van der Waals surface area (Å²) in [7, 11) is 0. The van der Waals surface area contributed by atoms with Crippen LogP contribution in [0, 0.1) is 0 Å². The van der Waals surface area contributed by atoms with Gasteiger partial charge in [-0.25, -0.2) is 4.98 Å². The second kappa shape index (κ2) is 8.15. The highest BCUT2D eigenvalue weighted by Crippen LogP contribution is 2.31. The highest BCUT2D eigenvalue weighted by Gasteiger charge is 2.29. The average molecular weight is 383 g/mol. The van der Waals surface area contributed by atoms with Gasteiger partial charge >= 0.3 is 0 Å². The summed E-state index contributed by atoms with van der Waals surface area (Å²) in [5.74, 6) is 1.10. The van der Waals surface area contributed by atoms with Crippen molar-refractivity contribution in [3.05, 3.63) is 96.1 Å². The van der Waals surface area contributed by atoms with Crippen molar-refractivity contribution in [1.82, 2.24) is 24.8 Å². The van der Waals surface area contributed by atoms with Crippen LogP contribution in [0.15, 0.2) is 79.1 Å². The fraction of sp³-hybridized carbons (Fsp3) is 0.250. The molecule has 29 heavy (non-hydrogen) atoms. The molecule has 0 amide bonds. The van der Waals surface area contributed by atoms with E-state index < -0.39 is 0 Å². The molecule has 1 unspecified atom stereocenters. The number of nitrogens with zero attached hydrogens (tertiary/aromatic N) is 4. The summed E-state index contributed by atoms with van der Waals surface area (Å²) < 4.78 is 2.39. The minimum Gasteiger partial charge on any atom is -0.322 e. The summed E-state index contributed by atoms with van der Waals surface area (Å²) in [5, 5.41) is 3.47. The van der Waals surface area contributed by atoms with Crippen LogP contribution in [0.5, 0.6) is 0 Å². The number of nitrogens with one attached hydrogen (secondary N) is 1. The lowest BCUT2D eigenvalue weighted by Crippen LogP contribution is -2.46. The van der Waals surface area contributed by atoms with Gasteiger partial charge in [0.25, 0.3) is 0 Å². The number of para-hydroxylation sites is 2. The lowest BCUT2D eigenvalue weighted by atomic mass is 10.0. The minimum absolute atomic E-state index is 0.108. The Morgan fingerprint density at radius 1 is 0.862 bits per heavy atom. The molecule has 5 nitrogen and oxygen atoms in total. The molecular weight excluding hydrogens is 358 g/mol. The van der Waals surface area contributed by atoms with Crippen molar-refractivity contribution in [3.63, 3.8) is 0 Å². The van der Waals surface area contributed by atoms with E-state index in [0.29, 0.717) is 0 Å². The number of aromatic nitrogens is 3. The van der Waals surface area contributed by atoms with Crippen LogP contribution in [-0.4, -0.2) is 45.6 Å². The van der Waals surface area contributed by atoms with E-state index in [-0.39, 0.29) is 6.04 Å². The SMILES string of the molecule is c1ccc(Cn2c(C(c3ccncc3)N3CCNCC3)nc3ccccc32)cc1. The van der Waals surface area contributed by atoms with Crippen molar-refractivity contribution >= 4 is 11.0 Å².